The molecule has 1 aliphatic rings. The quantitative estimate of drug-likeness (QED) is 0.559. The fraction of sp³-hybridized carbons (Fsp3) is 0.273. The van der Waals surface area contributed by atoms with E-state index in [-0.39, 0.29) is 5.91 Å². The topological polar surface area (TPSA) is 50.9 Å². The van der Waals surface area contributed by atoms with Crippen LogP contribution < -0.4 is 15.1 Å². The lowest BCUT2D eigenvalue weighted by molar-refractivity contribution is -1.01. The van der Waals surface area contributed by atoms with E-state index in [1.165, 1.54) is 21.2 Å². The van der Waals surface area contributed by atoms with Crippen LogP contribution in [-0.2, 0) is 11.3 Å². The van der Waals surface area contributed by atoms with Gasteiger partial charge in [0.15, 0.2) is 11.7 Å². The number of carbonyl (C=O) groups excluding carboxylic acids is 1. The Morgan fingerprint density at radius 1 is 0.964 bits per heavy atom. The first-order valence-corrected chi connectivity index (χ1v) is 10.1. The van der Waals surface area contributed by atoms with Crippen LogP contribution in [0, 0.1) is 0 Å². The van der Waals surface area contributed by atoms with Gasteiger partial charge in [-0.15, -0.1) is 0 Å². The summed E-state index contributed by atoms with van der Waals surface area (Å²) in [7, 11) is 0. The highest BCUT2D eigenvalue weighted by Gasteiger charge is 2.25. The molecule has 0 spiro atoms. The van der Waals surface area contributed by atoms with Crippen LogP contribution in [0.3, 0.4) is 0 Å². The first-order valence-electron chi connectivity index (χ1n) is 9.73. The maximum absolute atomic E-state index is 12.3. The molecule has 3 N–H and O–H groups in total. The van der Waals surface area contributed by atoms with E-state index in [4.69, 9.17) is 11.6 Å². The molecule has 1 saturated heterocycles. The zero-order valence-corrected chi connectivity index (χ0v) is 16.5. The van der Waals surface area contributed by atoms with Crippen LogP contribution in [0.15, 0.2) is 60.8 Å². The molecule has 2 aromatic carbocycles. The van der Waals surface area contributed by atoms with Crippen molar-refractivity contribution in [2.75, 3.05) is 38.0 Å². The summed E-state index contributed by atoms with van der Waals surface area (Å²) in [6.07, 6.45) is 1.61. The molecule has 4 rings (SSSR count). The van der Waals surface area contributed by atoms with E-state index in [1.54, 1.807) is 23.2 Å². The molecule has 1 amide bonds. The van der Waals surface area contributed by atoms with Crippen molar-refractivity contribution in [2.24, 2.45) is 0 Å². The summed E-state index contributed by atoms with van der Waals surface area (Å²) >= 11 is 6.01. The lowest BCUT2D eigenvalue weighted by Crippen LogP contribution is -3.28. The van der Waals surface area contributed by atoms with E-state index in [0.717, 1.165) is 32.7 Å². The standard InChI is InChI=1S/C22H23ClN4O/c23-22-20(9-4-10-24-22)25-21(28)16-27-13-11-26(12-14-27)15-18-7-3-6-17-5-1-2-8-19(17)18/h1-10H,11-16H2,(H,25,28)/p+2. The van der Waals surface area contributed by atoms with Gasteiger partial charge in [0.2, 0.25) is 0 Å². The van der Waals surface area contributed by atoms with Gasteiger partial charge in [0.25, 0.3) is 5.91 Å². The smallest absolute Gasteiger partial charge is 0.279 e. The van der Waals surface area contributed by atoms with Crippen molar-refractivity contribution < 1.29 is 14.6 Å². The van der Waals surface area contributed by atoms with Gasteiger partial charge in [-0.1, -0.05) is 54.1 Å². The van der Waals surface area contributed by atoms with E-state index in [2.05, 4.69) is 52.8 Å². The molecule has 28 heavy (non-hydrogen) atoms. The van der Waals surface area contributed by atoms with Gasteiger partial charge < -0.3 is 15.1 Å². The normalized spacial score (nSPS) is 19.5. The Morgan fingerprint density at radius 3 is 2.54 bits per heavy atom. The molecule has 0 bridgehead atoms. The first-order chi connectivity index (χ1) is 13.7. The Morgan fingerprint density at radius 2 is 1.71 bits per heavy atom. The van der Waals surface area contributed by atoms with Gasteiger partial charge in [0.1, 0.15) is 32.7 Å². The second kappa shape index (κ2) is 8.69. The van der Waals surface area contributed by atoms with E-state index in [9.17, 15) is 4.79 Å². The average molecular weight is 397 g/mol. The van der Waals surface area contributed by atoms with E-state index < -0.39 is 0 Å². The number of aromatic nitrogens is 1. The molecular weight excluding hydrogens is 372 g/mol. The zero-order chi connectivity index (χ0) is 19.3. The minimum Gasteiger partial charge on any atom is -0.322 e. The number of nitrogens with zero attached hydrogens (tertiary/aromatic N) is 1. The largest absolute Gasteiger partial charge is 0.322 e. The molecule has 6 heteroatoms. The van der Waals surface area contributed by atoms with Gasteiger partial charge in [0.05, 0.1) is 5.69 Å². The first kappa shape index (κ1) is 18.9. The van der Waals surface area contributed by atoms with Gasteiger partial charge in [-0.25, -0.2) is 4.98 Å². The summed E-state index contributed by atoms with van der Waals surface area (Å²) in [6.45, 7) is 5.63. The van der Waals surface area contributed by atoms with Crippen LogP contribution in [0.25, 0.3) is 10.8 Å². The molecule has 5 nitrogen and oxygen atoms in total. The number of nitrogens with one attached hydrogen (secondary N) is 3. The molecule has 1 aromatic heterocycles. The van der Waals surface area contributed by atoms with Crippen LogP contribution in [0.5, 0.6) is 0 Å². The Balaban J connectivity index is 1.30. The number of carbonyl (C=O) groups is 1. The Labute approximate surface area is 169 Å². The number of piperazine rings is 1. The van der Waals surface area contributed by atoms with Crippen molar-refractivity contribution in [1.82, 2.24) is 4.98 Å². The summed E-state index contributed by atoms with van der Waals surface area (Å²) in [4.78, 5) is 19.2. The fourth-order valence-corrected chi connectivity index (χ4v) is 4.09. The summed E-state index contributed by atoms with van der Waals surface area (Å²) in [6, 6.07) is 18.7. The number of rotatable bonds is 5. The van der Waals surface area contributed by atoms with Gasteiger partial charge in [-0.2, -0.15) is 0 Å². The Hall–Kier alpha value is -2.47. The molecule has 0 radical (unpaired) electrons. The lowest BCUT2D eigenvalue weighted by Gasteiger charge is -2.29. The predicted octanol–water partition coefficient (Wildman–Crippen LogP) is 0.810. The molecule has 2 heterocycles. The molecule has 0 aliphatic carbocycles. The third-order valence-electron chi connectivity index (χ3n) is 5.43. The van der Waals surface area contributed by atoms with Crippen molar-refractivity contribution in [1.29, 1.82) is 0 Å². The number of hydrogen-bond acceptors (Lipinski definition) is 2. The number of benzene rings is 2. The van der Waals surface area contributed by atoms with Crippen LogP contribution in [0.1, 0.15) is 5.56 Å². The van der Waals surface area contributed by atoms with Crippen molar-refractivity contribution in [2.45, 2.75) is 6.54 Å². The Kier molecular flexibility index (Phi) is 5.86. The zero-order valence-electron chi connectivity index (χ0n) is 15.7. The van der Waals surface area contributed by atoms with Gasteiger partial charge in [0, 0.05) is 11.8 Å². The third-order valence-corrected chi connectivity index (χ3v) is 5.73. The maximum Gasteiger partial charge on any atom is 0.279 e. The summed E-state index contributed by atoms with van der Waals surface area (Å²) < 4.78 is 0. The van der Waals surface area contributed by atoms with Crippen LogP contribution in [0.4, 0.5) is 5.69 Å². The number of pyridine rings is 1. The summed E-state index contributed by atoms with van der Waals surface area (Å²) in [5.74, 6) is -0.0117. The fourth-order valence-electron chi connectivity index (χ4n) is 3.93. The molecule has 0 unspecified atom stereocenters. The molecule has 144 valence electrons. The second-order valence-corrected chi connectivity index (χ2v) is 7.74. The predicted molar refractivity (Wildman–Crippen MR) is 112 cm³/mol. The molecule has 3 aromatic rings. The minimum absolute atomic E-state index is 0.0117. The number of amides is 1. The number of fused-ring (bicyclic) bond motifs is 1. The third kappa shape index (κ3) is 4.50. The number of hydrogen-bond donors (Lipinski definition) is 3. The van der Waals surface area contributed by atoms with Gasteiger partial charge in [-0.3, -0.25) is 4.79 Å². The summed E-state index contributed by atoms with van der Waals surface area (Å²) in [5, 5.41) is 5.84. The minimum atomic E-state index is -0.0117. The average Bonchev–Trinajstić information content (AvgIpc) is 2.71. The number of anilines is 1. The highest BCUT2D eigenvalue weighted by molar-refractivity contribution is 6.32. The number of halogens is 1. The van der Waals surface area contributed by atoms with Crippen molar-refractivity contribution in [3.8, 4) is 0 Å². The molecular formula is C22H25ClN4O+2. The van der Waals surface area contributed by atoms with Crippen molar-refractivity contribution in [3.63, 3.8) is 0 Å². The van der Waals surface area contributed by atoms with Crippen LogP contribution in [0.2, 0.25) is 5.15 Å². The second-order valence-electron chi connectivity index (χ2n) is 7.38. The molecule has 1 fully saturated rings. The van der Waals surface area contributed by atoms with E-state index >= 15 is 0 Å². The Bertz CT molecular complexity index is 964. The monoisotopic (exact) mass is 396 g/mol. The van der Waals surface area contributed by atoms with Crippen molar-refractivity contribution >= 4 is 34.0 Å². The molecule has 1 aliphatic heterocycles. The lowest BCUT2D eigenvalue weighted by atomic mass is 10.0. The van der Waals surface area contributed by atoms with Crippen LogP contribution in [-0.4, -0.2) is 43.6 Å². The highest BCUT2D eigenvalue weighted by atomic mass is 35.5. The number of quaternary nitrogens is 2. The van der Waals surface area contributed by atoms with Crippen molar-refractivity contribution in [3.05, 3.63) is 71.5 Å². The maximum atomic E-state index is 12.3. The highest BCUT2D eigenvalue weighted by Crippen LogP contribution is 2.18. The SMILES string of the molecule is O=C(C[NH+]1CC[NH+](Cc2cccc3ccccc23)CC1)Nc1cccnc1Cl. The van der Waals surface area contributed by atoms with E-state index in [0.29, 0.717) is 17.4 Å². The van der Waals surface area contributed by atoms with Gasteiger partial charge >= 0.3 is 0 Å². The van der Waals surface area contributed by atoms with Crippen LogP contribution >= 0.6 is 11.6 Å². The van der Waals surface area contributed by atoms with E-state index in [1.807, 2.05) is 0 Å². The summed E-state index contributed by atoms with van der Waals surface area (Å²) in [5.41, 5.74) is 1.98. The van der Waals surface area contributed by atoms with Gasteiger partial charge in [-0.05, 0) is 22.9 Å². The molecule has 0 saturated carbocycles. The molecule has 0 atom stereocenters.